The van der Waals surface area contributed by atoms with Gasteiger partial charge in [-0.25, -0.2) is 14.4 Å². The Morgan fingerprint density at radius 2 is 1.92 bits per heavy atom. The van der Waals surface area contributed by atoms with Gasteiger partial charge in [-0.3, -0.25) is 14.7 Å². The molecule has 26 heavy (non-hydrogen) atoms. The first-order valence-corrected chi connectivity index (χ1v) is 8.50. The minimum absolute atomic E-state index is 0. The summed E-state index contributed by atoms with van der Waals surface area (Å²) < 4.78 is 15.0. The molecule has 2 heterocycles. The summed E-state index contributed by atoms with van der Waals surface area (Å²) in [5, 5.41) is 2.91. The van der Waals surface area contributed by atoms with Gasteiger partial charge in [0, 0.05) is 11.7 Å². The molecule has 0 saturated heterocycles. The number of hydrogen-bond acceptors (Lipinski definition) is 3. The molecule has 136 valence electrons. The van der Waals surface area contributed by atoms with Crippen molar-refractivity contribution in [2.75, 3.05) is 5.32 Å². The molecule has 0 radical (unpaired) electrons. The molecule has 0 bridgehead atoms. The molecule has 0 aliphatic heterocycles. The second-order valence-electron chi connectivity index (χ2n) is 6.54. The number of aryl methyl sites for hydroxylation is 1. The predicted molar refractivity (Wildman–Crippen MR) is 101 cm³/mol. The standard InChI is InChI=1S/C19H19FN4O.CH4/c1-12-5-10-16-18(21-12)24(15-3-2-4-15)19(22-16)23-17(25)11-13-6-8-14(20)9-7-13;/h5-10,15H,2-4,11H2,1H3,(H,22,23,25);1H4. The number of pyridine rings is 1. The first-order chi connectivity index (χ1) is 12.1. The van der Waals surface area contributed by atoms with Crippen molar-refractivity contribution < 1.29 is 9.18 Å². The topological polar surface area (TPSA) is 59.8 Å². The lowest BCUT2D eigenvalue weighted by Crippen LogP contribution is -2.23. The summed E-state index contributed by atoms with van der Waals surface area (Å²) in [5.74, 6) is 0.0708. The molecule has 6 heteroatoms. The third kappa shape index (κ3) is 3.45. The number of aromatic nitrogens is 3. The highest BCUT2D eigenvalue weighted by Crippen LogP contribution is 2.36. The van der Waals surface area contributed by atoms with Gasteiger partial charge in [0.1, 0.15) is 11.3 Å². The van der Waals surface area contributed by atoms with E-state index in [0.29, 0.717) is 12.0 Å². The molecule has 1 fully saturated rings. The van der Waals surface area contributed by atoms with E-state index in [4.69, 9.17) is 0 Å². The average molecular weight is 354 g/mol. The van der Waals surface area contributed by atoms with E-state index < -0.39 is 0 Å². The normalized spacial score (nSPS) is 13.9. The van der Waals surface area contributed by atoms with Crippen LogP contribution in [0.1, 0.15) is 44.0 Å². The molecule has 1 N–H and O–H groups in total. The summed E-state index contributed by atoms with van der Waals surface area (Å²) in [6.07, 6.45) is 3.50. The first kappa shape index (κ1) is 18.0. The molecule has 4 rings (SSSR count). The molecule has 1 aliphatic carbocycles. The van der Waals surface area contributed by atoms with Crippen LogP contribution in [0, 0.1) is 12.7 Å². The van der Waals surface area contributed by atoms with Gasteiger partial charge in [-0.05, 0) is 56.0 Å². The van der Waals surface area contributed by atoms with E-state index in [1.165, 1.54) is 18.6 Å². The maximum Gasteiger partial charge on any atom is 0.231 e. The van der Waals surface area contributed by atoms with Gasteiger partial charge < -0.3 is 0 Å². The highest BCUT2D eigenvalue weighted by molar-refractivity contribution is 5.92. The highest BCUT2D eigenvalue weighted by atomic mass is 19.1. The molecule has 0 spiro atoms. The van der Waals surface area contributed by atoms with E-state index in [1.54, 1.807) is 12.1 Å². The quantitative estimate of drug-likeness (QED) is 0.754. The van der Waals surface area contributed by atoms with Crippen molar-refractivity contribution in [3.05, 3.63) is 53.5 Å². The van der Waals surface area contributed by atoms with Gasteiger partial charge in [0.2, 0.25) is 11.9 Å². The Hall–Kier alpha value is -2.76. The van der Waals surface area contributed by atoms with E-state index in [-0.39, 0.29) is 25.6 Å². The average Bonchev–Trinajstić information content (AvgIpc) is 2.86. The van der Waals surface area contributed by atoms with E-state index in [2.05, 4.69) is 15.3 Å². The van der Waals surface area contributed by atoms with Gasteiger partial charge >= 0.3 is 0 Å². The molecule has 1 aromatic carbocycles. The van der Waals surface area contributed by atoms with Crippen molar-refractivity contribution in [2.24, 2.45) is 0 Å². The third-order valence-corrected chi connectivity index (χ3v) is 4.65. The summed E-state index contributed by atoms with van der Waals surface area (Å²) >= 11 is 0. The highest BCUT2D eigenvalue weighted by Gasteiger charge is 2.26. The van der Waals surface area contributed by atoms with Gasteiger partial charge in [0.25, 0.3) is 0 Å². The third-order valence-electron chi connectivity index (χ3n) is 4.65. The number of benzene rings is 1. The Labute approximate surface area is 152 Å². The Balaban J connectivity index is 0.00000196. The molecule has 2 aromatic heterocycles. The van der Waals surface area contributed by atoms with Crippen LogP contribution in [0.5, 0.6) is 0 Å². The lowest BCUT2D eigenvalue weighted by Gasteiger charge is -2.28. The van der Waals surface area contributed by atoms with Crippen LogP contribution in [0.2, 0.25) is 0 Å². The zero-order valence-electron chi connectivity index (χ0n) is 14.0. The number of imidazole rings is 1. The lowest BCUT2D eigenvalue weighted by molar-refractivity contribution is -0.115. The Kier molecular flexibility index (Phi) is 5.02. The fourth-order valence-electron chi connectivity index (χ4n) is 3.10. The van der Waals surface area contributed by atoms with Gasteiger partial charge in [0.15, 0.2) is 5.65 Å². The van der Waals surface area contributed by atoms with Crippen molar-refractivity contribution in [3.63, 3.8) is 0 Å². The van der Waals surface area contributed by atoms with Crippen LogP contribution >= 0.6 is 0 Å². The second-order valence-corrected chi connectivity index (χ2v) is 6.54. The molecule has 1 amide bonds. The fraction of sp³-hybridized carbons (Fsp3) is 0.350. The van der Waals surface area contributed by atoms with Crippen LogP contribution in [0.15, 0.2) is 36.4 Å². The zero-order chi connectivity index (χ0) is 17.4. The molecular formula is C20H23FN4O. The monoisotopic (exact) mass is 354 g/mol. The van der Waals surface area contributed by atoms with Crippen LogP contribution in [-0.2, 0) is 11.2 Å². The smallest absolute Gasteiger partial charge is 0.231 e. The first-order valence-electron chi connectivity index (χ1n) is 8.50. The fourth-order valence-corrected chi connectivity index (χ4v) is 3.10. The van der Waals surface area contributed by atoms with Gasteiger partial charge in [-0.1, -0.05) is 19.6 Å². The van der Waals surface area contributed by atoms with Crippen molar-refractivity contribution in [3.8, 4) is 0 Å². The van der Waals surface area contributed by atoms with Crippen molar-refractivity contribution in [2.45, 2.75) is 46.1 Å². The van der Waals surface area contributed by atoms with Gasteiger partial charge in [0.05, 0.1) is 6.42 Å². The number of hydrogen-bond donors (Lipinski definition) is 1. The van der Waals surface area contributed by atoms with E-state index >= 15 is 0 Å². The van der Waals surface area contributed by atoms with E-state index in [0.717, 1.165) is 35.3 Å². The number of fused-ring (bicyclic) bond motifs is 1. The Morgan fingerprint density at radius 3 is 2.58 bits per heavy atom. The minimum Gasteiger partial charge on any atom is -0.296 e. The molecule has 0 unspecified atom stereocenters. The maximum absolute atomic E-state index is 13.0. The number of carbonyl (C=O) groups is 1. The number of carbonyl (C=O) groups excluding carboxylic acids is 1. The van der Waals surface area contributed by atoms with Crippen molar-refractivity contribution >= 4 is 23.0 Å². The summed E-state index contributed by atoms with van der Waals surface area (Å²) in [6, 6.07) is 10.1. The number of rotatable bonds is 4. The number of nitrogens with one attached hydrogen (secondary N) is 1. The van der Waals surface area contributed by atoms with Crippen molar-refractivity contribution in [1.82, 2.24) is 14.5 Å². The van der Waals surface area contributed by atoms with E-state index in [1.807, 2.05) is 23.6 Å². The summed E-state index contributed by atoms with van der Waals surface area (Å²) in [4.78, 5) is 21.6. The molecule has 3 aromatic rings. The van der Waals surface area contributed by atoms with Crippen LogP contribution < -0.4 is 5.32 Å². The van der Waals surface area contributed by atoms with Gasteiger partial charge in [-0.15, -0.1) is 0 Å². The SMILES string of the molecule is C.Cc1ccc2nc(NC(=O)Cc3ccc(F)cc3)n(C3CCC3)c2n1. The van der Waals surface area contributed by atoms with Crippen LogP contribution in [0.3, 0.4) is 0 Å². The molecule has 1 aliphatic rings. The summed E-state index contributed by atoms with van der Waals surface area (Å²) in [6.45, 7) is 1.95. The lowest BCUT2D eigenvalue weighted by atomic mass is 9.93. The number of anilines is 1. The number of halogens is 1. The summed E-state index contributed by atoms with van der Waals surface area (Å²) in [5.41, 5.74) is 3.30. The molecule has 0 atom stereocenters. The van der Waals surface area contributed by atoms with Crippen LogP contribution in [-0.4, -0.2) is 20.4 Å². The molecular weight excluding hydrogens is 331 g/mol. The number of nitrogens with zero attached hydrogens (tertiary/aromatic N) is 3. The van der Waals surface area contributed by atoms with Gasteiger partial charge in [-0.2, -0.15) is 0 Å². The maximum atomic E-state index is 13.0. The predicted octanol–water partition coefficient (Wildman–Crippen LogP) is 4.42. The molecule has 5 nitrogen and oxygen atoms in total. The number of amides is 1. The van der Waals surface area contributed by atoms with E-state index in [9.17, 15) is 9.18 Å². The second kappa shape index (κ2) is 7.23. The molecule has 1 saturated carbocycles. The Bertz CT molecular complexity index is 929. The van der Waals surface area contributed by atoms with Crippen LogP contribution in [0.25, 0.3) is 11.2 Å². The Morgan fingerprint density at radius 1 is 1.19 bits per heavy atom. The minimum atomic E-state index is -0.308. The summed E-state index contributed by atoms with van der Waals surface area (Å²) in [7, 11) is 0. The van der Waals surface area contributed by atoms with Crippen molar-refractivity contribution in [1.29, 1.82) is 0 Å². The largest absolute Gasteiger partial charge is 0.296 e. The zero-order valence-corrected chi connectivity index (χ0v) is 14.0. The van der Waals surface area contributed by atoms with Crippen LogP contribution in [0.4, 0.5) is 10.3 Å².